The van der Waals surface area contributed by atoms with Gasteiger partial charge in [0.05, 0.1) is 17.2 Å². The van der Waals surface area contributed by atoms with Gasteiger partial charge in [-0.05, 0) is 32.4 Å². The lowest BCUT2D eigenvalue weighted by atomic mass is 10.3. The van der Waals surface area contributed by atoms with Crippen molar-refractivity contribution in [2.24, 2.45) is 0 Å². The number of aromatic nitrogens is 3. The molecule has 0 fully saturated rings. The fourth-order valence-corrected chi connectivity index (χ4v) is 2.20. The molecular formula is C14H19N5O2. The maximum Gasteiger partial charge on any atom is 0.312 e. The average Bonchev–Trinajstić information content (AvgIpc) is 2.71. The Labute approximate surface area is 123 Å². The summed E-state index contributed by atoms with van der Waals surface area (Å²) in [6.45, 7) is 6.77. The minimum absolute atomic E-state index is 0.0789. The molecule has 0 amide bonds. The number of anilines is 1. The van der Waals surface area contributed by atoms with Gasteiger partial charge in [0.2, 0.25) is 0 Å². The van der Waals surface area contributed by atoms with Crippen molar-refractivity contribution in [2.75, 3.05) is 11.9 Å². The molecule has 0 aliphatic carbocycles. The van der Waals surface area contributed by atoms with Crippen LogP contribution in [0.15, 0.2) is 18.3 Å². The second kappa shape index (κ2) is 6.34. The van der Waals surface area contributed by atoms with Gasteiger partial charge < -0.3 is 5.32 Å². The van der Waals surface area contributed by atoms with Crippen LogP contribution in [-0.2, 0) is 6.54 Å². The third kappa shape index (κ3) is 3.36. The van der Waals surface area contributed by atoms with E-state index in [1.165, 1.54) is 0 Å². The lowest BCUT2D eigenvalue weighted by Gasteiger charge is -2.07. The number of hydrogen-bond donors (Lipinski definition) is 1. The minimum atomic E-state index is -0.388. The van der Waals surface area contributed by atoms with Crippen LogP contribution >= 0.6 is 0 Å². The highest BCUT2D eigenvalue weighted by Crippen LogP contribution is 2.22. The Morgan fingerprint density at radius 1 is 1.43 bits per heavy atom. The fraction of sp³-hybridized carbons (Fsp3) is 0.429. The van der Waals surface area contributed by atoms with Gasteiger partial charge in [-0.3, -0.25) is 19.8 Å². The Morgan fingerprint density at radius 3 is 2.81 bits per heavy atom. The van der Waals surface area contributed by atoms with E-state index in [1.54, 1.807) is 24.7 Å². The Bertz CT molecular complexity index is 651. The zero-order chi connectivity index (χ0) is 15.4. The first-order valence-electron chi connectivity index (χ1n) is 6.90. The summed E-state index contributed by atoms with van der Waals surface area (Å²) in [4.78, 5) is 14.9. The Morgan fingerprint density at radius 2 is 2.19 bits per heavy atom. The molecular weight excluding hydrogens is 270 g/mol. The number of nitrogens with one attached hydrogen (secondary N) is 1. The van der Waals surface area contributed by atoms with E-state index in [9.17, 15) is 10.1 Å². The highest BCUT2D eigenvalue weighted by Gasteiger charge is 2.21. The lowest BCUT2D eigenvalue weighted by molar-refractivity contribution is -0.386. The predicted octanol–water partition coefficient (Wildman–Crippen LogP) is 2.67. The summed E-state index contributed by atoms with van der Waals surface area (Å²) in [6, 6.07) is 3.85. The van der Waals surface area contributed by atoms with Crippen molar-refractivity contribution in [3.63, 3.8) is 0 Å². The lowest BCUT2D eigenvalue weighted by Crippen LogP contribution is -2.07. The van der Waals surface area contributed by atoms with Crippen molar-refractivity contribution in [2.45, 2.75) is 33.7 Å². The first-order valence-corrected chi connectivity index (χ1v) is 6.90. The van der Waals surface area contributed by atoms with Gasteiger partial charge in [-0.25, -0.2) is 0 Å². The van der Waals surface area contributed by atoms with Gasteiger partial charge >= 0.3 is 5.69 Å². The van der Waals surface area contributed by atoms with Crippen molar-refractivity contribution in [1.29, 1.82) is 0 Å². The molecule has 0 aromatic carbocycles. The van der Waals surface area contributed by atoms with Crippen LogP contribution < -0.4 is 5.32 Å². The Kier molecular flexibility index (Phi) is 4.52. The highest BCUT2D eigenvalue weighted by molar-refractivity contribution is 5.44. The maximum atomic E-state index is 11.0. The molecule has 0 atom stereocenters. The van der Waals surface area contributed by atoms with E-state index >= 15 is 0 Å². The topological polar surface area (TPSA) is 85.9 Å². The summed E-state index contributed by atoms with van der Waals surface area (Å²) in [6.07, 6.45) is 2.77. The zero-order valence-electron chi connectivity index (χ0n) is 12.5. The number of pyridine rings is 1. The van der Waals surface area contributed by atoms with Crippen LogP contribution in [0.1, 0.15) is 30.4 Å². The van der Waals surface area contributed by atoms with Crippen LogP contribution in [0.4, 0.5) is 11.4 Å². The molecule has 2 aromatic rings. The summed E-state index contributed by atoms with van der Waals surface area (Å²) in [5.41, 5.74) is 2.87. The monoisotopic (exact) mass is 289 g/mol. The quantitative estimate of drug-likeness (QED) is 0.652. The Hall–Kier alpha value is -2.44. The van der Waals surface area contributed by atoms with Crippen LogP contribution in [0.5, 0.6) is 0 Å². The van der Waals surface area contributed by atoms with Gasteiger partial charge in [-0.15, -0.1) is 0 Å². The van der Waals surface area contributed by atoms with Gasteiger partial charge in [0.25, 0.3) is 0 Å². The molecule has 0 saturated heterocycles. The first kappa shape index (κ1) is 15.0. The van der Waals surface area contributed by atoms with Gasteiger partial charge in [0.15, 0.2) is 0 Å². The molecule has 0 aliphatic rings. The second-order valence-electron chi connectivity index (χ2n) is 4.90. The van der Waals surface area contributed by atoms with E-state index in [4.69, 9.17) is 0 Å². The fourth-order valence-electron chi connectivity index (χ4n) is 2.20. The molecule has 1 N–H and O–H groups in total. The molecule has 0 radical (unpaired) electrons. The van der Waals surface area contributed by atoms with Crippen LogP contribution in [0.25, 0.3) is 0 Å². The van der Waals surface area contributed by atoms with Crippen molar-refractivity contribution in [1.82, 2.24) is 14.8 Å². The van der Waals surface area contributed by atoms with Crippen molar-refractivity contribution in [3.05, 3.63) is 45.5 Å². The van der Waals surface area contributed by atoms with Gasteiger partial charge in [-0.2, -0.15) is 5.10 Å². The largest absolute Gasteiger partial charge is 0.385 e. The number of nitrogens with zero attached hydrogens (tertiary/aromatic N) is 4. The third-order valence-corrected chi connectivity index (χ3v) is 3.23. The summed E-state index contributed by atoms with van der Waals surface area (Å²) in [5, 5.41) is 18.5. The van der Waals surface area contributed by atoms with E-state index in [0.717, 1.165) is 24.3 Å². The molecule has 112 valence electrons. The maximum absolute atomic E-state index is 11.0. The molecule has 0 unspecified atom stereocenters. The summed E-state index contributed by atoms with van der Waals surface area (Å²) in [7, 11) is 0. The van der Waals surface area contributed by atoms with Crippen LogP contribution in [-0.4, -0.2) is 26.2 Å². The molecule has 0 aliphatic heterocycles. The molecule has 2 heterocycles. The number of hydrogen-bond acceptors (Lipinski definition) is 5. The molecule has 2 rings (SSSR count). The highest BCUT2D eigenvalue weighted by atomic mass is 16.6. The minimum Gasteiger partial charge on any atom is -0.385 e. The van der Waals surface area contributed by atoms with E-state index in [1.807, 2.05) is 12.1 Å². The smallest absolute Gasteiger partial charge is 0.312 e. The molecule has 0 saturated carbocycles. The van der Waals surface area contributed by atoms with E-state index in [2.05, 4.69) is 22.3 Å². The molecule has 0 bridgehead atoms. The summed E-state index contributed by atoms with van der Waals surface area (Å²) >= 11 is 0. The number of aryl methyl sites for hydroxylation is 1. The third-order valence-electron chi connectivity index (χ3n) is 3.23. The summed E-state index contributed by atoms with van der Waals surface area (Å²) < 4.78 is 1.62. The van der Waals surface area contributed by atoms with Gasteiger partial charge in [0.1, 0.15) is 11.4 Å². The normalized spacial score (nSPS) is 10.6. The van der Waals surface area contributed by atoms with Crippen LogP contribution in [0, 0.1) is 24.0 Å². The zero-order valence-corrected chi connectivity index (χ0v) is 12.5. The van der Waals surface area contributed by atoms with Crippen molar-refractivity contribution in [3.8, 4) is 0 Å². The van der Waals surface area contributed by atoms with Crippen molar-refractivity contribution < 1.29 is 4.92 Å². The van der Waals surface area contributed by atoms with Gasteiger partial charge in [0, 0.05) is 18.4 Å². The molecule has 7 nitrogen and oxygen atoms in total. The van der Waals surface area contributed by atoms with E-state index < -0.39 is 0 Å². The molecule has 21 heavy (non-hydrogen) atoms. The molecule has 2 aromatic heterocycles. The number of rotatable bonds is 6. The molecule has 0 spiro atoms. The van der Waals surface area contributed by atoms with Gasteiger partial charge in [-0.1, -0.05) is 6.92 Å². The average molecular weight is 289 g/mol. The van der Waals surface area contributed by atoms with E-state index in [-0.39, 0.29) is 10.6 Å². The Balaban J connectivity index is 2.22. The first-order chi connectivity index (χ1) is 10.0. The van der Waals surface area contributed by atoms with Crippen LogP contribution in [0.3, 0.4) is 0 Å². The molecule has 7 heteroatoms. The van der Waals surface area contributed by atoms with Crippen molar-refractivity contribution >= 4 is 11.4 Å². The van der Waals surface area contributed by atoms with E-state index in [0.29, 0.717) is 17.9 Å². The van der Waals surface area contributed by atoms with Crippen LogP contribution in [0.2, 0.25) is 0 Å². The standard InChI is InChI=1S/C14H19N5O2/c1-4-6-15-12-5-7-16-13(8-12)9-18-11(3)14(19(20)21)10(2)17-18/h5,7-8H,4,6,9H2,1-3H3,(H,15,16). The summed E-state index contributed by atoms with van der Waals surface area (Å²) in [5.74, 6) is 0. The number of nitro groups is 1. The predicted molar refractivity (Wildman–Crippen MR) is 80.5 cm³/mol. The SMILES string of the molecule is CCCNc1ccnc(Cn2nc(C)c([N+](=O)[O-])c2C)c1. The second-order valence-corrected chi connectivity index (χ2v) is 4.90.